The first-order valence-electron chi connectivity index (χ1n) is 19.2. The van der Waals surface area contributed by atoms with Crippen LogP contribution in [0.15, 0.2) is 91.6 Å². The second-order valence-electron chi connectivity index (χ2n) is 14.8. The number of alkyl carbamates (subject to hydrolysis) is 1. The minimum atomic E-state index is -1.26. The molecule has 7 rings (SSSR count). The van der Waals surface area contributed by atoms with E-state index < -0.39 is 24.3 Å². The SMILES string of the molecule is COC(=O)N[C@H](C(=O)N1CCC[C@H]1c1ncc(-c2ccc(-c3ccc(-n4ccnc4[C@@H]4CCCN4C(=O)[C@H](Cc4cccnc4)NC(=O)O)cc3)cc2)[nH]1)C(C)C. The summed E-state index contributed by atoms with van der Waals surface area (Å²) >= 11 is 0. The van der Waals surface area contributed by atoms with Gasteiger partial charge in [0, 0.05) is 50.0 Å². The van der Waals surface area contributed by atoms with Crippen molar-refractivity contribution in [1.82, 2.24) is 44.9 Å². The van der Waals surface area contributed by atoms with Gasteiger partial charge in [0.25, 0.3) is 0 Å². The molecule has 2 fully saturated rings. The molecule has 0 radical (unpaired) electrons. The van der Waals surface area contributed by atoms with Crippen molar-refractivity contribution < 1.29 is 29.0 Å². The molecule has 4 atom stereocenters. The second-order valence-corrected chi connectivity index (χ2v) is 14.8. The molecule has 57 heavy (non-hydrogen) atoms. The van der Waals surface area contributed by atoms with Gasteiger partial charge in [-0.2, -0.15) is 0 Å². The van der Waals surface area contributed by atoms with Crippen LogP contribution in [-0.2, 0) is 20.7 Å². The van der Waals surface area contributed by atoms with Crippen LogP contribution in [0.2, 0.25) is 0 Å². The summed E-state index contributed by atoms with van der Waals surface area (Å²) in [7, 11) is 1.28. The highest BCUT2D eigenvalue weighted by Crippen LogP contribution is 2.35. The molecular formula is C42H47N9O6. The normalized spacial score (nSPS) is 17.7. The number of hydrogen-bond acceptors (Lipinski definition) is 8. The van der Waals surface area contributed by atoms with Crippen molar-refractivity contribution in [2.45, 2.75) is 70.1 Å². The zero-order chi connectivity index (χ0) is 40.1. The first-order chi connectivity index (χ1) is 27.6. The number of aromatic amines is 1. The Morgan fingerprint density at radius 1 is 0.842 bits per heavy atom. The number of nitrogens with one attached hydrogen (secondary N) is 3. The van der Waals surface area contributed by atoms with E-state index in [1.807, 2.05) is 67.1 Å². The van der Waals surface area contributed by atoms with Crippen molar-refractivity contribution in [3.63, 3.8) is 0 Å². The summed E-state index contributed by atoms with van der Waals surface area (Å²) in [4.78, 5) is 71.5. The van der Waals surface area contributed by atoms with E-state index in [4.69, 9.17) is 4.74 Å². The van der Waals surface area contributed by atoms with Crippen molar-refractivity contribution in [1.29, 1.82) is 0 Å². The zero-order valence-electron chi connectivity index (χ0n) is 32.2. The number of nitrogens with zero attached hydrogens (tertiary/aromatic N) is 6. The number of rotatable bonds is 12. The largest absolute Gasteiger partial charge is 0.465 e. The van der Waals surface area contributed by atoms with Crippen LogP contribution in [0.5, 0.6) is 0 Å². The first kappa shape index (κ1) is 38.8. The Morgan fingerprint density at radius 3 is 2.16 bits per heavy atom. The topological polar surface area (TPSA) is 188 Å². The van der Waals surface area contributed by atoms with Gasteiger partial charge in [0.05, 0.1) is 31.1 Å². The summed E-state index contributed by atoms with van der Waals surface area (Å²) in [5.41, 5.74) is 5.50. The lowest BCUT2D eigenvalue weighted by atomic mass is 10.0. The third kappa shape index (κ3) is 8.52. The van der Waals surface area contributed by atoms with Crippen molar-refractivity contribution in [3.05, 3.63) is 109 Å². The molecule has 296 valence electrons. The van der Waals surface area contributed by atoms with Gasteiger partial charge in [-0.3, -0.25) is 14.6 Å². The van der Waals surface area contributed by atoms with Crippen LogP contribution in [0.4, 0.5) is 9.59 Å². The minimum absolute atomic E-state index is 0.114. The molecule has 5 aromatic rings. The number of hydrogen-bond donors (Lipinski definition) is 4. The van der Waals surface area contributed by atoms with E-state index >= 15 is 0 Å². The summed E-state index contributed by atoms with van der Waals surface area (Å²) in [6, 6.07) is 17.7. The number of imidazole rings is 2. The molecular weight excluding hydrogens is 727 g/mol. The first-order valence-corrected chi connectivity index (χ1v) is 19.2. The maximum atomic E-state index is 13.8. The Balaban J connectivity index is 1.03. The van der Waals surface area contributed by atoms with E-state index in [-0.39, 0.29) is 36.2 Å². The molecule has 2 saturated heterocycles. The molecule has 4 amide bonds. The summed E-state index contributed by atoms with van der Waals surface area (Å²) < 4.78 is 6.74. The molecule has 0 bridgehead atoms. The lowest BCUT2D eigenvalue weighted by molar-refractivity contribution is -0.135. The molecule has 2 aliphatic rings. The van der Waals surface area contributed by atoms with Crippen LogP contribution >= 0.6 is 0 Å². The van der Waals surface area contributed by atoms with Crippen molar-refractivity contribution >= 4 is 24.0 Å². The Kier molecular flexibility index (Phi) is 11.6. The number of carbonyl (C=O) groups excluding carboxylic acids is 3. The van der Waals surface area contributed by atoms with Crippen molar-refractivity contribution in [2.75, 3.05) is 20.2 Å². The van der Waals surface area contributed by atoms with Crippen LogP contribution in [0.1, 0.15) is 68.8 Å². The molecule has 3 aromatic heterocycles. The summed E-state index contributed by atoms with van der Waals surface area (Å²) in [5, 5.41) is 14.6. The van der Waals surface area contributed by atoms with E-state index in [9.17, 15) is 24.3 Å². The van der Waals surface area contributed by atoms with E-state index in [0.29, 0.717) is 25.3 Å². The summed E-state index contributed by atoms with van der Waals surface area (Å²) in [6.07, 6.45) is 10.1. The predicted molar refractivity (Wildman–Crippen MR) is 211 cm³/mol. The molecule has 0 saturated carbocycles. The molecule has 15 heteroatoms. The molecule has 4 N–H and O–H groups in total. The summed E-state index contributed by atoms with van der Waals surface area (Å²) in [5.74, 6) is 0.874. The highest BCUT2D eigenvalue weighted by atomic mass is 16.5. The molecule has 2 aromatic carbocycles. The van der Waals surface area contributed by atoms with Gasteiger partial charge in [-0.15, -0.1) is 0 Å². The van der Waals surface area contributed by atoms with Crippen molar-refractivity contribution in [3.8, 4) is 28.1 Å². The number of amides is 4. The Morgan fingerprint density at radius 2 is 1.51 bits per heavy atom. The number of benzene rings is 2. The number of H-pyrrole nitrogens is 1. The molecule has 15 nitrogen and oxygen atoms in total. The van der Waals surface area contributed by atoms with Crippen molar-refractivity contribution in [2.24, 2.45) is 5.92 Å². The zero-order valence-corrected chi connectivity index (χ0v) is 32.2. The standard InChI is InChI=1S/C42H47N9O6/c1-26(2)36(48-42(56)57-3)40(53)50-20-5-8-34(50)37-45-25-33(46-37)30-12-10-28(11-13-30)29-14-16-31(17-15-29)49-22-19-44-38(49)35-9-6-21-51(35)39(52)32(47-41(54)55)23-27-7-4-18-43-24-27/h4,7,10-19,22,24-26,32,34-36,47H,5-6,8-9,20-21,23H2,1-3H3,(H,45,46)(H,48,56)(H,54,55)/t32-,34-,35-,36-/m0/s1. The van der Waals surface area contributed by atoms with Gasteiger partial charge in [-0.1, -0.05) is 56.3 Å². The third-order valence-electron chi connectivity index (χ3n) is 10.8. The van der Waals surface area contributed by atoms with Crippen LogP contribution < -0.4 is 10.6 Å². The van der Waals surface area contributed by atoms with E-state index in [0.717, 1.165) is 58.7 Å². The van der Waals surface area contributed by atoms with Crippen LogP contribution in [0.25, 0.3) is 28.1 Å². The molecule has 5 heterocycles. The lowest BCUT2D eigenvalue weighted by Crippen LogP contribution is -2.51. The number of aromatic nitrogens is 5. The summed E-state index contributed by atoms with van der Waals surface area (Å²) in [6.45, 7) is 4.87. The van der Waals surface area contributed by atoms with Gasteiger partial charge in [0.2, 0.25) is 11.8 Å². The monoisotopic (exact) mass is 773 g/mol. The third-order valence-corrected chi connectivity index (χ3v) is 10.8. The average molecular weight is 774 g/mol. The number of likely N-dealkylation sites (tertiary alicyclic amines) is 2. The van der Waals surface area contributed by atoms with Gasteiger partial charge >= 0.3 is 12.2 Å². The minimum Gasteiger partial charge on any atom is -0.465 e. The number of methoxy groups -OCH3 is 1. The molecule has 2 aliphatic heterocycles. The van der Waals surface area contributed by atoms with Gasteiger partial charge in [0.1, 0.15) is 23.7 Å². The average Bonchev–Trinajstić information content (AvgIpc) is 4.06. The van der Waals surface area contributed by atoms with Gasteiger partial charge in [-0.25, -0.2) is 19.6 Å². The number of ether oxygens (including phenoxy) is 1. The predicted octanol–water partition coefficient (Wildman–Crippen LogP) is 5.91. The van der Waals surface area contributed by atoms with Gasteiger partial charge in [-0.05, 0) is 72.1 Å². The fraction of sp³-hybridized carbons (Fsp3) is 0.357. The highest BCUT2D eigenvalue weighted by Gasteiger charge is 2.38. The maximum Gasteiger partial charge on any atom is 0.407 e. The van der Waals surface area contributed by atoms with Crippen LogP contribution in [-0.4, -0.2) is 95.7 Å². The van der Waals surface area contributed by atoms with E-state index in [2.05, 4.69) is 42.7 Å². The smallest absolute Gasteiger partial charge is 0.407 e. The molecule has 0 unspecified atom stereocenters. The van der Waals surface area contributed by atoms with Gasteiger partial charge < -0.3 is 39.8 Å². The quantitative estimate of drug-likeness (QED) is 0.120. The Bertz CT molecular complexity index is 2180. The fourth-order valence-electron chi connectivity index (χ4n) is 7.88. The molecule has 0 spiro atoms. The Labute approximate surface area is 330 Å². The number of pyridine rings is 1. The fourth-order valence-corrected chi connectivity index (χ4v) is 7.88. The van der Waals surface area contributed by atoms with Crippen LogP contribution in [0.3, 0.4) is 0 Å². The van der Waals surface area contributed by atoms with E-state index in [1.54, 1.807) is 40.7 Å². The Hall–Kier alpha value is -6.51. The van der Waals surface area contributed by atoms with Crippen LogP contribution in [0, 0.1) is 5.92 Å². The van der Waals surface area contributed by atoms with Gasteiger partial charge in [0.15, 0.2) is 0 Å². The van der Waals surface area contributed by atoms with E-state index in [1.165, 1.54) is 7.11 Å². The number of carboxylic acid groups (broad SMARTS) is 1. The number of carbonyl (C=O) groups is 4. The highest BCUT2D eigenvalue weighted by molar-refractivity contribution is 5.87. The lowest BCUT2D eigenvalue weighted by Gasteiger charge is -2.30. The molecule has 0 aliphatic carbocycles. The second kappa shape index (κ2) is 17.1. The maximum absolute atomic E-state index is 13.8.